The quantitative estimate of drug-likeness (QED) is 0.637. The molecular formula is C22H26N2+2. The fourth-order valence-electron chi connectivity index (χ4n) is 3.14. The van der Waals surface area contributed by atoms with E-state index in [9.17, 15) is 0 Å². The third-order valence-corrected chi connectivity index (χ3v) is 4.69. The van der Waals surface area contributed by atoms with E-state index < -0.39 is 0 Å². The second-order valence-electron chi connectivity index (χ2n) is 6.76. The monoisotopic (exact) mass is 318 g/mol. The molecule has 3 aromatic rings. The van der Waals surface area contributed by atoms with Crippen molar-refractivity contribution >= 4 is 0 Å². The maximum atomic E-state index is 2.33. The molecule has 2 heterocycles. The molecule has 0 amide bonds. The Morgan fingerprint density at radius 1 is 0.708 bits per heavy atom. The van der Waals surface area contributed by atoms with Crippen molar-refractivity contribution in [1.82, 2.24) is 0 Å². The van der Waals surface area contributed by atoms with Gasteiger partial charge in [-0.1, -0.05) is 26.0 Å². The summed E-state index contributed by atoms with van der Waals surface area (Å²) < 4.78 is 4.56. The van der Waals surface area contributed by atoms with Crippen molar-refractivity contribution in [2.45, 2.75) is 40.5 Å². The van der Waals surface area contributed by atoms with Gasteiger partial charge in [0, 0.05) is 50.2 Å². The molecule has 2 heteroatoms. The molecule has 0 spiro atoms. The summed E-state index contributed by atoms with van der Waals surface area (Å²) in [4.78, 5) is 0. The average Bonchev–Trinajstić information content (AvgIpc) is 2.56. The van der Waals surface area contributed by atoms with E-state index in [0.29, 0.717) is 5.92 Å². The zero-order valence-corrected chi connectivity index (χ0v) is 15.2. The summed E-state index contributed by atoms with van der Waals surface area (Å²) in [6, 6.07) is 17.3. The van der Waals surface area contributed by atoms with Crippen LogP contribution in [-0.4, -0.2) is 0 Å². The van der Waals surface area contributed by atoms with Crippen LogP contribution in [0.5, 0.6) is 0 Å². The number of nitrogens with zero attached hydrogens (tertiary/aromatic N) is 2. The summed E-state index contributed by atoms with van der Waals surface area (Å²) in [6.45, 7) is 11.0. The molecule has 2 nitrogen and oxygen atoms in total. The molecule has 122 valence electrons. The summed E-state index contributed by atoms with van der Waals surface area (Å²) in [5, 5.41) is 0. The highest BCUT2D eigenvalue weighted by atomic mass is 15.0. The molecule has 0 N–H and O–H groups in total. The van der Waals surface area contributed by atoms with Gasteiger partial charge in [-0.3, -0.25) is 0 Å². The fourth-order valence-corrected chi connectivity index (χ4v) is 3.14. The number of hydrogen-bond donors (Lipinski definition) is 0. The zero-order chi connectivity index (χ0) is 17.3. The molecule has 0 fully saturated rings. The van der Waals surface area contributed by atoms with Crippen molar-refractivity contribution in [2.75, 3.05) is 0 Å². The first-order chi connectivity index (χ1) is 11.5. The van der Waals surface area contributed by atoms with Crippen LogP contribution >= 0.6 is 0 Å². The van der Waals surface area contributed by atoms with E-state index >= 15 is 0 Å². The molecule has 0 aliphatic heterocycles. The first-order valence-electron chi connectivity index (χ1n) is 8.59. The lowest BCUT2D eigenvalue weighted by Gasteiger charge is -2.11. The van der Waals surface area contributed by atoms with E-state index in [2.05, 4.69) is 105 Å². The van der Waals surface area contributed by atoms with Crippen LogP contribution in [0.1, 0.15) is 42.3 Å². The fraction of sp³-hybridized carbons (Fsp3) is 0.273. The van der Waals surface area contributed by atoms with Crippen molar-refractivity contribution in [3.63, 3.8) is 0 Å². The van der Waals surface area contributed by atoms with Crippen LogP contribution in [0, 0.1) is 20.8 Å². The summed E-state index contributed by atoms with van der Waals surface area (Å²) in [5.74, 6) is 0.484. The van der Waals surface area contributed by atoms with E-state index in [4.69, 9.17) is 0 Å². The maximum Gasteiger partial charge on any atom is 0.220 e. The Morgan fingerprint density at radius 3 is 1.54 bits per heavy atom. The molecule has 0 unspecified atom stereocenters. The van der Waals surface area contributed by atoms with Crippen molar-refractivity contribution in [3.8, 4) is 11.4 Å². The van der Waals surface area contributed by atoms with Gasteiger partial charge in [0.05, 0.1) is 5.56 Å². The van der Waals surface area contributed by atoms with Gasteiger partial charge in [-0.25, -0.2) is 0 Å². The average molecular weight is 318 g/mol. The van der Waals surface area contributed by atoms with Crippen molar-refractivity contribution in [1.29, 1.82) is 0 Å². The van der Waals surface area contributed by atoms with Gasteiger partial charge in [0.25, 0.3) is 0 Å². The molecule has 0 aliphatic carbocycles. The summed E-state index contributed by atoms with van der Waals surface area (Å²) in [6.07, 6.45) is 4.29. The largest absolute Gasteiger partial charge is 0.220 e. The van der Waals surface area contributed by atoms with Crippen LogP contribution in [0.4, 0.5) is 0 Å². The Morgan fingerprint density at radius 2 is 1.17 bits per heavy atom. The van der Waals surface area contributed by atoms with Gasteiger partial charge >= 0.3 is 0 Å². The number of rotatable bonds is 3. The molecule has 0 atom stereocenters. The highest BCUT2D eigenvalue weighted by Gasteiger charge is 2.24. The van der Waals surface area contributed by atoms with Gasteiger partial charge in [-0.05, 0) is 18.4 Å². The summed E-state index contributed by atoms with van der Waals surface area (Å²) in [5.41, 5.74) is 7.63. The molecule has 3 rings (SSSR count). The zero-order valence-electron chi connectivity index (χ0n) is 15.2. The molecule has 24 heavy (non-hydrogen) atoms. The Hall–Kier alpha value is -2.48. The van der Waals surface area contributed by atoms with Crippen LogP contribution in [-0.2, 0) is 0 Å². The lowest BCUT2D eigenvalue weighted by Crippen LogP contribution is -2.39. The van der Waals surface area contributed by atoms with Crippen LogP contribution in [0.25, 0.3) is 11.4 Å². The highest BCUT2D eigenvalue weighted by Crippen LogP contribution is 2.23. The number of aromatic nitrogens is 2. The highest BCUT2D eigenvalue weighted by molar-refractivity contribution is 5.48. The van der Waals surface area contributed by atoms with Gasteiger partial charge in [0.15, 0.2) is 23.8 Å². The minimum Gasteiger partial charge on any atom is -0.164 e. The minimum absolute atomic E-state index is 0.484. The third kappa shape index (κ3) is 2.96. The molecule has 2 aromatic heterocycles. The third-order valence-electron chi connectivity index (χ3n) is 4.69. The topological polar surface area (TPSA) is 7.76 Å². The molecule has 0 radical (unpaired) electrons. The Labute approximate surface area is 145 Å². The van der Waals surface area contributed by atoms with Gasteiger partial charge in [-0.15, -0.1) is 0 Å². The van der Waals surface area contributed by atoms with E-state index in [1.165, 1.54) is 33.9 Å². The van der Waals surface area contributed by atoms with Gasteiger partial charge in [0.1, 0.15) is 0 Å². The van der Waals surface area contributed by atoms with E-state index in [0.717, 1.165) is 0 Å². The summed E-state index contributed by atoms with van der Waals surface area (Å²) >= 11 is 0. The smallest absolute Gasteiger partial charge is 0.164 e. The molecule has 0 aliphatic rings. The lowest BCUT2D eigenvalue weighted by atomic mass is 9.98. The molecule has 0 bridgehead atoms. The molecule has 0 saturated carbocycles. The number of aryl methyl sites for hydroxylation is 2. The first kappa shape index (κ1) is 16.4. The minimum atomic E-state index is 0.484. The molecule has 1 aromatic carbocycles. The second-order valence-corrected chi connectivity index (χ2v) is 6.76. The normalized spacial score (nSPS) is 11.1. The SMILES string of the molecule is Cc1c(-[n+]2ccccc2C)cc(C(C)C)cc1-[n+]1ccccc1C. The van der Waals surface area contributed by atoms with Gasteiger partial charge in [-0.2, -0.15) is 9.13 Å². The van der Waals surface area contributed by atoms with Crippen molar-refractivity contribution in [2.24, 2.45) is 0 Å². The van der Waals surface area contributed by atoms with Crippen molar-refractivity contribution in [3.05, 3.63) is 83.4 Å². The molecular weight excluding hydrogens is 292 g/mol. The van der Waals surface area contributed by atoms with E-state index in [1.54, 1.807) is 0 Å². The van der Waals surface area contributed by atoms with Crippen LogP contribution in [0.15, 0.2) is 60.9 Å². The van der Waals surface area contributed by atoms with Gasteiger partial charge in [0.2, 0.25) is 11.4 Å². The Balaban J connectivity index is 2.32. The van der Waals surface area contributed by atoms with Crippen LogP contribution < -0.4 is 9.13 Å². The molecule has 0 saturated heterocycles. The number of hydrogen-bond acceptors (Lipinski definition) is 0. The predicted molar refractivity (Wildman–Crippen MR) is 97.8 cm³/mol. The Kier molecular flexibility index (Phi) is 4.48. The van der Waals surface area contributed by atoms with Crippen LogP contribution in [0.3, 0.4) is 0 Å². The standard InChI is InChI=1S/C22H26N2/c1-16(2)20-14-21(23-12-8-6-10-17(23)3)19(5)22(15-20)24-13-9-7-11-18(24)4/h6-16H,1-5H3/q+2. The lowest BCUT2D eigenvalue weighted by molar-refractivity contribution is -0.611. The summed E-state index contributed by atoms with van der Waals surface area (Å²) in [7, 11) is 0. The van der Waals surface area contributed by atoms with Crippen molar-refractivity contribution < 1.29 is 9.13 Å². The first-order valence-corrected chi connectivity index (χ1v) is 8.59. The van der Waals surface area contributed by atoms with Crippen LogP contribution in [0.2, 0.25) is 0 Å². The second kappa shape index (κ2) is 6.56. The van der Waals surface area contributed by atoms with E-state index in [1.807, 2.05) is 0 Å². The van der Waals surface area contributed by atoms with Gasteiger partial charge < -0.3 is 0 Å². The predicted octanol–water partition coefficient (Wildman–Crippen LogP) is 4.29. The Bertz CT molecular complexity index is 812. The van der Waals surface area contributed by atoms with E-state index in [-0.39, 0.29) is 0 Å². The number of benzene rings is 1. The maximum absolute atomic E-state index is 2.33. The number of pyridine rings is 2.